The van der Waals surface area contributed by atoms with Gasteiger partial charge < -0.3 is 4.90 Å². The molecule has 3 aliphatic rings. The molecule has 2 aromatic carbocycles. The molecule has 2 fully saturated rings. The fraction of sp³-hybridized carbons (Fsp3) is 0.346. The Morgan fingerprint density at radius 3 is 2.76 bits per heavy atom. The van der Waals surface area contributed by atoms with Crippen molar-refractivity contribution in [2.75, 3.05) is 13.1 Å². The van der Waals surface area contributed by atoms with Crippen LogP contribution >= 0.6 is 0 Å². The minimum atomic E-state index is -0.465. The third-order valence-electron chi connectivity index (χ3n) is 7.04. The lowest BCUT2D eigenvalue weighted by Crippen LogP contribution is -2.30. The molecule has 6 nitrogen and oxygen atoms in total. The molecule has 168 valence electrons. The number of nitrogens with one attached hydrogen (secondary N) is 1. The Bertz CT molecular complexity index is 1330. The number of hydrogen-bond donors (Lipinski definition) is 1. The van der Waals surface area contributed by atoms with Gasteiger partial charge in [-0.1, -0.05) is 36.4 Å². The van der Waals surface area contributed by atoms with Crippen LogP contribution < -0.4 is 5.69 Å². The van der Waals surface area contributed by atoms with Gasteiger partial charge in [-0.05, 0) is 66.0 Å². The van der Waals surface area contributed by atoms with E-state index < -0.39 is 11.5 Å². The summed E-state index contributed by atoms with van der Waals surface area (Å²) in [7, 11) is 0. The molecule has 2 aliphatic carbocycles. The van der Waals surface area contributed by atoms with Crippen LogP contribution in [0.2, 0.25) is 0 Å². The summed E-state index contributed by atoms with van der Waals surface area (Å²) in [5.74, 6) is 0.709. The predicted octanol–water partition coefficient (Wildman–Crippen LogP) is 3.74. The zero-order valence-electron chi connectivity index (χ0n) is 18.3. The fourth-order valence-corrected chi connectivity index (χ4v) is 5.07. The minimum Gasteiger partial charge on any atom is -0.342 e. The van der Waals surface area contributed by atoms with Gasteiger partial charge in [-0.3, -0.25) is 4.79 Å². The Balaban J connectivity index is 1.24. The zero-order chi connectivity index (χ0) is 22.5. The summed E-state index contributed by atoms with van der Waals surface area (Å²) in [6.07, 6.45) is 8.49. The number of halogens is 1. The minimum absolute atomic E-state index is 0.194. The van der Waals surface area contributed by atoms with E-state index in [2.05, 4.69) is 34.5 Å². The topological polar surface area (TPSA) is 71.0 Å². The molecule has 1 saturated carbocycles. The van der Waals surface area contributed by atoms with Gasteiger partial charge >= 0.3 is 5.69 Å². The molecular formula is C26H25FN4O2. The van der Waals surface area contributed by atoms with E-state index >= 15 is 4.39 Å². The number of likely N-dealkylation sites (tertiary alicyclic amines) is 1. The normalized spacial score (nSPS) is 19.3. The SMILES string of the molecule is O=C(C1CC1)N1CC[C@@H](Cc2n[nH]c(=O)n2-c2ccc(-c3ccc4c(c3)CC=C4)cc2F)C1. The summed E-state index contributed by atoms with van der Waals surface area (Å²) < 4.78 is 16.6. The average molecular weight is 445 g/mol. The van der Waals surface area contributed by atoms with Crippen molar-refractivity contribution in [3.05, 3.63) is 75.7 Å². The van der Waals surface area contributed by atoms with Crippen LogP contribution in [0.1, 0.15) is 36.2 Å². The summed E-state index contributed by atoms with van der Waals surface area (Å²) in [4.78, 5) is 26.8. The van der Waals surface area contributed by atoms with Gasteiger partial charge in [-0.25, -0.2) is 18.9 Å². The number of rotatable bonds is 5. The van der Waals surface area contributed by atoms with Crippen molar-refractivity contribution in [2.45, 2.75) is 32.1 Å². The summed E-state index contributed by atoms with van der Waals surface area (Å²) in [5.41, 5.74) is 3.90. The van der Waals surface area contributed by atoms with Gasteiger partial charge in [0.1, 0.15) is 11.6 Å². The number of fused-ring (bicyclic) bond motifs is 1. The van der Waals surface area contributed by atoms with E-state index in [0.717, 1.165) is 43.4 Å². The maximum absolute atomic E-state index is 15.2. The Kier molecular flexibility index (Phi) is 4.78. The molecule has 1 aliphatic heterocycles. The van der Waals surface area contributed by atoms with Crippen molar-refractivity contribution >= 4 is 12.0 Å². The second kappa shape index (κ2) is 7.83. The van der Waals surface area contributed by atoms with Gasteiger partial charge in [0.2, 0.25) is 5.91 Å². The highest BCUT2D eigenvalue weighted by Gasteiger charge is 2.37. The van der Waals surface area contributed by atoms with E-state index in [0.29, 0.717) is 18.8 Å². The van der Waals surface area contributed by atoms with E-state index in [-0.39, 0.29) is 23.4 Å². The number of hydrogen-bond acceptors (Lipinski definition) is 3. The molecule has 6 rings (SSSR count). The maximum Gasteiger partial charge on any atom is 0.348 e. The van der Waals surface area contributed by atoms with Crippen LogP contribution in [0.4, 0.5) is 4.39 Å². The molecule has 1 N–H and O–H groups in total. The van der Waals surface area contributed by atoms with Crippen molar-refractivity contribution in [2.24, 2.45) is 11.8 Å². The molecule has 7 heteroatoms. The first-order valence-corrected chi connectivity index (χ1v) is 11.6. The molecule has 2 heterocycles. The number of allylic oxidation sites excluding steroid dienone is 1. The number of aromatic nitrogens is 3. The van der Waals surface area contributed by atoms with E-state index in [1.54, 1.807) is 6.07 Å². The van der Waals surface area contributed by atoms with Crippen molar-refractivity contribution in [1.29, 1.82) is 0 Å². The van der Waals surface area contributed by atoms with Crippen LogP contribution in [0.15, 0.2) is 47.3 Å². The second-order valence-electron chi connectivity index (χ2n) is 9.38. The first-order chi connectivity index (χ1) is 16.1. The van der Waals surface area contributed by atoms with Crippen LogP contribution in [0, 0.1) is 17.7 Å². The molecule has 0 unspecified atom stereocenters. The van der Waals surface area contributed by atoms with Gasteiger partial charge in [-0.2, -0.15) is 5.10 Å². The van der Waals surface area contributed by atoms with Crippen LogP contribution in [0.5, 0.6) is 0 Å². The fourth-order valence-electron chi connectivity index (χ4n) is 5.07. The molecule has 1 aromatic heterocycles. The second-order valence-corrected chi connectivity index (χ2v) is 9.38. The molecule has 3 aromatic rings. The lowest BCUT2D eigenvalue weighted by Gasteiger charge is -2.16. The number of nitrogens with zero attached hydrogens (tertiary/aromatic N) is 3. The molecule has 1 amide bonds. The largest absolute Gasteiger partial charge is 0.348 e. The highest BCUT2D eigenvalue weighted by atomic mass is 19.1. The number of benzene rings is 2. The van der Waals surface area contributed by atoms with Crippen molar-refractivity contribution in [1.82, 2.24) is 19.7 Å². The highest BCUT2D eigenvalue weighted by Crippen LogP contribution is 2.33. The van der Waals surface area contributed by atoms with Crippen molar-refractivity contribution in [3.63, 3.8) is 0 Å². The average Bonchev–Trinajstić information content (AvgIpc) is 3.21. The first-order valence-electron chi connectivity index (χ1n) is 11.6. The highest BCUT2D eigenvalue weighted by molar-refractivity contribution is 5.81. The lowest BCUT2D eigenvalue weighted by atomic mass is 10.00. The first kappa shape index (κ1) is 20.1. The molecule has 0 spiro atoms. The Morgan fingerprint density at radius 1 is 1.12 bits per heavy atom. The van der Waals surface area contributed by atoms with Gasteiger partial charge in [0, 0.05) is 25.4 Å². The Morgan fingerprint density at radius 2 is 1.94 bits per heavy atom. The maximum atomic E-state index is 15.2. The third kappa shape index (κ3) is 3.71. The van der Waals surface area contributed by atoms with E-state index in [1.165, 1.54) is 21.8 Å². The number of carbonyl (C=O) groups is 1. The van der Waals surface area contributed by atoms with Crippen LogP contribution in [0.3, 0.4) is 0 Å². The molecule has 33 heavy (non-hydrogen) atoms. The predicted molar refractivity (Wildman–Crippen MR) is 123 cm³/mol. The van der Waals surface area contributed by atoms with E-state index in [4.69, 9.17) is 0 Å². The van der Waals surface area contributed by atoms with Crippen LogP contribution in [-0.4, -0.2) is 38.7 Å². The molecule has 0 bridgehead atoms. The number of amides is 1. The lowest BCUT2D eigenvalue weighted by molar-refractivity contribution is -0.131. The number of H-pyrrole nitrogens is 1. The molecule has 1 saturated heterocycles. The summed E-state index contributed by atoms with van der Waals surface area (Å²) in [6.45, 7) is 1.42. The van der Waals surface area contributed by atoms with Crippen LogP contribution in [-0.2, 0) is 17.6 Å². The van der Waals surface area contributed by atoms with E-state index in [1.807, 2.05) is 17.0 Å². The standard InChI is InChI=1S/C26H25FN4O2/c27-22-14-21(20-7-4-17-2-1-3-19(17)13-20)8-9-23(22)31-24(28-29-26(31)33)12-16-10-11-30(15-16)25(32)18-5-6-18/h1-2,4,7-9,13-14,16,18H,3,5-6,10-12,15H2,(H,29,33)/t16-/m0/s1. The van der Waals surface area contributed by atoms with Gasteiger partial charge in [-0.15, -0.1) is 0 Å². The third-order valence-corrected chi connectivity index (χ3v) is 7.04. The number of carbonyl (C=O) groups excluding carboxylic acids is 1. The van der Waals surface area contributed by atoms with Gasteiger partial charge in [0.15, 0.2) is 0 Å². The summed E-state index contributed by atoms with van der Waals surface area (Å²) in [6, 6.07) is 11.1. The Hall–Kier alpha value is -3.48. The van der Waals surface area contributed by atoms with Gasteiger partial charge in [0.05, 0.1) is 5.69 Å². The van der Waals surface area contributed by atoms with Crippen molar-refractivity contribution in [3.8, 4) is 16.8 Å². The molecule has 0 radical (unpaired) electrons. The van der Waals surface area contributed by atoms with Gasteiger partial charge in [0.25, 0.3) is 0 Å². The van der Waals surface area contributed by atoms with E-state index in [9.17, 15) is 9.59 Å². The summed E-state index contributed by atoms with van der Waals surface area (Å²) >= 11 is 0. The quantitative estimate of drug-likeness (QED) is 0.652. The molecular weight excluding hydrogens is 419 g/mol. The molecule has 1 atom stereocenters. The Labute approximate surface area is 190 Å². The summed E-state index contributed by atoms with van der Waals surface area (Å²) in [5, 5.41) is 6.66. The van der Waals surface area contributed by atoms with Crippen LogP contribution in [0.25, 0.3) is 22.9 Å². The van der Waals surface area contributed by atoms with Crippen molar-refractivity contribution < 1.29 is 9.18 Å². The number of aromatic amines is 1. The monoisotopic (exact) mass is 444 g/mol. The smallest absolute Gasteiger partial charge is 0.342 e. The zero-order valence-corrected chi connectivity index (χ0v) is 18.3.